The van der Waals surface area contributed by atoms with E-state index in [9.17, 15) is 18.0 Å². The fourth-order valence-corrected chi connectivity index (χ4v) is 4.98. The van der Waals surface area contributed by atoms with Crippen molar-refractivity contribution in [2.24, 2.45) is 0 Å². The lowest BCUT2D eigenvalue weighted by atomic mass is 10.2. The highest BCUT2D eigenvalue weighted by Crippen LogP contribution is 2.19. The number of hydrogen-bond acceptors (Lipinski definition) is 8. The van der Waals surface area contributed by atoms with E-state index in [4.69, 9.17) is 4.74 Å². The summed E-state index contributed by atoms with van der Waals surface area (Å²) < 4.78 is 33.6. The van der Waals surface area contributed by atoms with Crippen LogP contribution in [0.5, 0.6) is 0 Å². The number of para-hydroxylation sites is 1. The first kappa shape index (κ1) is 22.6. The molecular formula is C21H22N6O5S. The summed E-state index contributed by atoms with van der Waals surface area (Å²) in [5, 5.41) is 10.9. The molecule has 1 amide bonds. The number of aromatic nitrogens is 4. The van der Waals surface area contributed by atoms with Gasteiger partial charge in [0, 0.05) is 26.2 Å². The van der Waals surface area contributed by atoms with Crippen LogP contribution in [-0.2, 0) is 19.6 Å². The molecule has 11 nitrogen and oxygen atoms in total. The molecule has 1 fully saturated rings. The molecule has 1 aliphatic rings. The number of sulfonamides is 1. The molecule has 0 saturated carbocycles. The van der Waals surface area contributed by atoms with Gasteiger partial charge in [-0.25, -0.2) is 13.2 Å². The van der Waals surface area contributed by atoms with Crippen LogP contribution in [-0.4, -0.2) is 82.0 Å². The summed E-state index contributed by atoms with van der Waals surface area (Å²) in [6.45, 7) is 2.21. The van der Waals surface area contributed by atoms with E-state index in [-0.39, 0.29) is 42.5 Å². The van der Waals surface area contributed by atoms with Crippen LogP contribution in [0.2, 0.25) is 0 Å². The Hall–Kier alpha value is -3.64. The third-order valence-electron chi connectivity index (χ3n) is 5.28. The van der Waals surface area contributed by atoms with Gasteiger partial charge in [-0.2, -0.15) is 8.99 Å². The number of amides is 1. The summed E-state index contributed by atoms with van der Waals surface area (Å²) in [6, 6.07) is 14.8. The summed E-state index contributed by atoms with van der Waals surface area (Å²) in [7, 11) is -3.62. The fourth-order valence-electron chi connectivity index (χ4n) is 3.54. The zero-order valence-electron chi connectivity index (χ0n) is 17.8. The molecule has 1 atom stereocenters. The van der Waals surface area contributed by atoms with Crippen molar-refractivity contribution in [3.63, 3.8) is 0 Å². The third-order valence-corrected chi connectivity index (χ3v) is 7.20. The zero-order chi connectivity index (χ0) is 23.4. The Labute approximate surface area is 190 Å². The van der Waals surface area contributed by atoms with Crippen molar-refractivity contribution in [2.45, 2.75) is 17.9 Å². The number of hydrogen-bond donors (Lipinski definition) is 0. The number of carbonyl (C=O) groups is 2. The standard InChI is InChI=1S/C21H22N6O5S/c1-16(32-21(29)18-9-5-6-10-19(18)27-15-22-23-24-27)20(28)25-11-13-26(14-12-25)33(30,31)17-7-3-2-4-8-17/h2-10,15-16H,11-14H2,1H3/t16-/m1/s1. The Bertz CT molecular complexity index is 1230. The number of piperazine rings is 1. The minimum atomic E-state index is -3.62. The average molecular weight is 471 g/mol. The van der Waals surface area contributed by atoms with Gasteiger partial charge in [-0.15, -0.1) is 5.10 Å². The van der Waals surface area contributed by atoms with E-state index in [1.807, 2.05) is 0 Å². The molecule has 0 bridgehead atoms. The summed E-state index contributed by atoms with van der Waals surface area (Å²) in [5.41, 5.74) is 0.634. The van der Waals surface area contributed by atoms with Crippen LogP contribution in [0.3, 0.4) is 0 Å². The highest BCUT2D eigenvalue weighted by molar-refractivity contribution is 7.89. The first-order valence-electron chi connectivity index (χ1n) is 10.3. The normalized spacial score (nSPS) is 15.7. The zero-order valence-corrected chi connectivity index (χ0v) is 18.6. The van der Waals surface area contributed by atoms with Gasteiger partial charge in [-0.05, 0) is 41.6 Å². The van der Waals surface area contributed by atoms with Crippen LogP contribution in [0, 0.1) is 0 Å². The van der Waals surface area contributed by atoms with Gasteiger partial charge in [-0.1, -0.05) is 30.3 Å². The van der Waals surface area contributed by atoms with E-state index in [1.165, 1.54) is 27.1 Å². The molecule has 0 spiro atoms. The SMILES string of the molecule is C[C@@H](OC(=O)c1ccccc1-n1cnnn1)C(=O)N1CCN(S(=O)(=O)c2ccccc2)CC1. The van der Waals surface area contributed by atoms with Crippen molar-refractivity contribution in [1.29, 1.82) is 0 Å². The van der Waals surface area contributed by atoms with Crippen molar-refractivity contribution < 1.29 is 22.7 Å². The fraction of sp³-hybridized carbons (Fsp3) is 0.286. The monoisotopic (exact) mass is 470 g/mol. The van der Waals surface area contributed by atoms with Gasteiger partial charge in [0.05, 0.1) is 16.1 Å². The molecule has 33 heavy (non-hydrogen) atoms. The molecule has 3 aromatic rings. The molecule has 2 aromatic carbocycles. The molecule has 0 unspecified atom stereocenters. The van der Waals surface area contributed by atoms with Crippen LogP contribution in [0.25, 0.3) is 5.69 Å². The van der Waals surface area contributed by atoms with Crippen molar-refractivity contribution >= 4 is 21.9 Å². The van der Waals surface area contributed by atoms with Crippen molar-refractivity contribution in [3.8, 4) is 5.69 Å². The summed E-state index contributed by atoms with van der Waals surface area (Å²) in [6.07, 6.45) is 0.306. The average Bonchev–Trinajstić information content (AvgIpc) is 3.39. The van der Waals surface area contributed by atoms with Gasteiger partial charge in [0.15, 0.2) is 6.10 Å². The van der Waals surface area contributed by atoms with E-state index < -0.39 is 22.1 Å². The molecule has 12 heteroatoms. The molecule has 1 saturated heterocycles. The van der Waals surface area contributed by atoms with E-state index in [0.29, 0.717) is 5.69 Å². The molecule has 1 aromatic heterocycles. The number of nitrogens with zero attached hydrogens (tertiary/aromatic N) is 6. The Morgan fingerprint density at radius 3 is 2.30 bits per heavy atom. The smallest absolute Gasteiger partial charge is 0.341 e. The largest absolute Gasteiger partial charge is 0.449 e. The highest BCUT2D eigenvalue weighted by atomic mass is 32.2. The van der Waals surface area contributed by atoms with Gasteiger partial charge in [0.2, 0.25) is 10.0 Å². The predicted octanol–water partition coefficient (Wildman–Crippen LogP) is 0.741. The first-order chi connectivity index (χ1) is 15.9. The van der Waals surface area contributed by atoms with Crippen molar-refractivity contribution in [1.82, 2.24) is 29.4 Å². The number of benzene rings is 2. The quantitative estimate of drug-likeness (QED) is 0.483. The molecule has 0 N–H and O–H groups in total. The second kappa shape index (κ2) is 9.46. The van der Waals surface area contributed by atoms with Gasteiger partial charge >= 0.3 is 5.97 Å². The van der Waals surface area contributed by atoms with Crippen LogP contribution in [0.15, 0.2) is 65.8 Å². The number of carbonyl (C=O) groups excluding carboxylic acids is 2. The second-order valence-corrected chi connectivity index (χ2v) is 9.30. The van der Waals surface area contributed by atoms with Crippen LogP contribution in [0.1, 0.15) is 17.3 Å². The minimum Gasteiger partial charge on any atom is -0.449 e. The highest BCUT2D eigenvalue weighted by Gasteiger charge is 2.32. The summed E-state index contributed by atoms with van der Waals surface area (Å²) in [4.78, 5) is 27.3. The maximum absolute atomic E-state index is 12.8. The van der Waals surface area contributed by atoms with Gasteiger partial charge < -0.3 is 9.64 Å². The molecule has 172 valence electrons. The Kier molecular flexibility index (Phi) is 6.47. The van der Waals surface area contributed by atoms with E-state index in [2.05, 4.69) is 15.5 Å². The molecule has 2 heterocycles. The maximum Gasteiger partial charge on any atom is 0.341 e. The third kappa shape index (κ3) is 4.76. The number of ether oxygens (including phenoxy) is 1. The lowest BCUT2D eigenvalue weighted by Gasteiger charge is -2.35. The minimum absolute atomic E-state index is 0.158. The van der Waals surface area contributed by atoms with E-state index in [1.54, 1.807) is 54.6 Å². The lowest BCUT2D eigenvalue weighted by Crippen LogP contribution is -2.52. The molecule has 0 radical (unpaired) electrons. The topological polar surface area (TPSA) is 128 Å². The molecule has 4 rings (SSSR count). The Morgan fingerprint density at radius 1 is 0.970 bits per heavy atom. The molecule has 1 aliphatic heterocycles. The lowest BCUT2D eigenvalue weighted by molar-refractivity contribution is -0.141. The van der Waals surface area contributed by atoms with Crippen LogP contribution in [0.4, 0.5) is 0 Å². The molecule has 0 aliphatic carbocycles. The summed E-state index contributed by atoms with van der Waals surface area (Å²) >= 11 is 0. The molecular weight excluding hydrogens is 448 g/mol. The maximum atomic E-state index is 12.8. The van der Waals surface area contributed by atoms with Crippen LogP contribution < -0.4 is 0 Å². The Morgan fingerprint density at radius 2 is 1.64 bits per heavy atom. The second-order valence-electron chi connectivity index (χ2n) is 7.36. The van der Waals surface area contributed by atoms with Crippen molar-refractivity contribution in [2.75, 3.05) is 26.2 Å². The first-order valence-corrected chi connectivity index (χ1v) is 11.7. The van der Waals surface area contributed by atoms with Gasteiger partial charge in [0.25, 0.3) is 5.91 Å². The van der Waals surface area contributed by atoms with E-state index in [0.717, 1.165) is 0 Å². The number of tetrazole rings is 1. The van der Waals surface area contributed by atoms with E-state index >= 15 is 0 Å². The van der Waals surface area contributed by atoms with Crippen LogP contribution >= 0.6 is 0 Å². The summed E-state index contributed by atoms with van der Waals surface area (Å²) in [5.74, 6) is -1.08. The Balaban J connectivity index is 1.38. The number of rotatable bonds is 6. The van der Waals surface area contributed by atoms with Crippen molar-refractivity contribution in [3.05, 3.63) is 66.5 Å². The number of esters is 1. The van der Waals surface area contributed by atoms with Gasteiger partial charge in [-0.3, -0.25) is 4.79 Å². The van der Waals surface area contributed by atoms with Gasteiger partial charge in [0.1, 0.15) is 6.33 Å². The predicted molar refractivity (Wildman–Crippen MR) is 116 cm³/mol.